The number of nitro groups is 1. The van der Waals surface area contributed by atoms with E-state index in [1.807, 2.05) is 0 Å². The molecule has 1 unspecified atom stereocenters. The number of rotatable bonds is 4. The first-order valence-electron chi connectivity index (χ1n) is 5.49. The zero-order valence-electron chi connectivity index (χ0n) is 10.3. The lowest BCUT2D eigenvalue weighted by Gasteiger charge is -2.08. The zero-order chi connectivity index (χ0) is 14.7. The molecule has 0 aliphatic heterocycles. The lowest BCUT2D eigenvalue weighted by Crippen LogP contribution is -2.09. The van der Waals surface area contributed by atoms with Gasteiger partial charge in [0.15, 0.2) is 0 Å². The van der Waals surface area contributed by atoms with Gasteiger partial charge in [0, 0.05) is 12.1 Å². The Balaban J connectivity index is 2.31. The van der Waals surface area contributed by atoms with Crippen LogP contribution in [0.3, 0.4) is 0 Å². The lowest BCUT2D eigenvalue weighted by molar-refractivity contribution is -0.384. The Bertz CT molecular complexity index is 634. The second kappa shape index (κ2) is 5.49. The predicted molar refractivity (Wildman–Crippen MR) is 65.0 cm³/mol. The number of aliphatic hydroxyl groups excluding tert-OH is 1. The summed E-state index contributed by atoms with van der Waals surface area (Å²) >= 11 is 0. The Kier molecular flexibility index (Phi) is 3.76. The van der Waals surface area contributed by atoms with Gasteiger partial charge < -0.3 is 14.4 Å². The minimum Gasteiger partial charge on any atom is -0.465 e. The SMILES string of the molecule is COC(=O)c1conc1C(O)c1ccc([N+](=O)[O-])cc1. The van der Waals surface area contributed by atoms with E-state index in [9.17, 15) is 20.0 Å². The molecule has 1 N–H and O–H groups in total. The largest absolute Gasteiger partial charge is 0.465 e. The summed E-state index contributed by atoms with van der Waals surface area (Å²) in [5.74, 6) is -0.692. The lowest BCUT2D eigenvalue weighted by atomic mass is 10.0. The number of non-ortho nitro benzene ring substituents is 1. The first-order chi connectivity index (χ1) is 9.54. The van der Waals surface area contributed by atoms with E-state index in [1.165, 1.54) is 31.4 Å². The van der Waals surface area contributed by atoms with Gasteiger partial charge in [0.05, 0.1) is 12.0 Å². The van der Waals surface area contributed by atoms with Crippen LogP contribution in [0.5, 0.6) is 0 Å². The quantitative estimate of drug-likeness (QED) is 0.511. The molecule has 1 aromatic carbocycles. The van der Waals surface area contributed by atoms with Crippen molar-refractivity contribution >= 4 is 11.7 Å². The highest BCUT2D eigenvalue weighted by Gasteiger charge is 2.24. The van der Waals surface area contributed by atoms with Crippen LogP contribution in [0, 0.1) is 10.1 Å². The molecule has 104 valence electrons. The summed E-state index contributed by atoms with van der Waals surface area (Å²) in [6, 6.07) is 5.24. The molecule has 2 rings (SSSR count). The molecular weight excluding hydrogens is 268 g/mol. The highest BCUT2D eigenvalue weighted by Crippen LogP contribution is 2.25. The Morgan fingerprint density at radius 1 is 1.45 bits per heavy atom. The number of hydrogen-bond donors (Lipinski definition) is 1. The maximum Gasteiger partial charge on any atom is 0.343 e. The van der Waals surface area contributed by atoms with E-state index in [-0.39, 0.29) is 16.9 Å². The fourth-order valence-corrected chi connectivity index (χ4v) is 1.64. The third-order valence-electron chi connectivity index (χ3n) is 2.68. The van der Waals surface area contributed by atoms with Gasteiger partial charge in [-0.05, 0) is 17.7 Å². The van der Waals surface area contributed by atoms with Crippen molar-refractivity contribution in [1.29, 1.82) is 0 Å². The average molecular weight is 278 g/mol. The number of hydrogen-bond acceptors (Lipinski definition) is 7. The number of nitro benzene ring substituents is 1. The summed E-state index contributed by atoms with van der Waals surface area (Å²) < 4.78 is 9.19. The second-order valence-corrected chi connectivity index (χ2v) is 3.86. The maximum absolute atomic E-state index is 11.5. The Morgan fingerprint density at radius 2 is 2.10 bits per heavy atom. The van der Waals surface area contributed by atoms with E-state index < -0.39 is 17.0 Å². The number of esters is 1. The highest BCUT2D eigenvalue weighted by molar-refractivity contribution is 5.90. The van der Waals surface area contributed by atoms with Crippen molar-refractivity contribution in [1.82, 2.24) is 5.16 Å². The second-order valence-electron chi connectivity index (χ2n) is 3.86. The predicted octanol–water partition coefficient (Wildman–Crippen LogP) is 1.45. The van der Waals surface area contributed by atoms with Crippen LogP contribution in [0.1, 0.15) is 27.7 Å². The molecule has 0 saturated heterocycles. The van der Waals surface area contributed by atoms with Crippen molar-refractivity contribution in [3.63, 3.8) is 0 Å². The smallest absolute Gasteiger partial charge is 0.343 e. The van der Waals surface area contributed by atoms with Crippen molar-refractivity contribution in [3.8, 4) is 0 Å². The summed E-state index contributed by atoms with van der Waals surface area (Å²) in [5.41, 5.74) is 0.230. The molecule has 8 nitrogen and oxygen atoms in total. The molecule has 1 atom stereocenters. The Morgan fingerprint density at radius 3 is 2.65 bits per heavy atom. The topological polar surface area (TPSA) is 116 Å². The van der Waals surface area contributed by atoms with Crippen molar-refractivity contribution < 1.29 is 24.1 Å². The van der Waals surface area contributed by atoms with Gasteiger partial charge in [-0.3, -0.25) is 10.1 Å². The van der Waals surface area contributed by atoms with E-state index in [0.717, 1.165) is 6.26 Å². The van der Waals surface area contributed by atoms with Gasteiger partial charge in [0.2, 0.25) is 0 Å². The van der Waals surface area contributed by atoms with Gasteiger partial charge >= 0.3 is 5.97 Å². The fraction of sp³-hybridized carbons (Fsp3) is 0.167. The molecule has 0 saturated carbocycles. The van der Waals surface area contributed by atoms with Crippen molar-refractivity contribution in [2.75, 3.05) is 7.11 Å². The molecule has 0 aliphatic rings. The van der Waals surface area contributed by atoms with Gasteiger partial charge in [0.25, 0.3) is 5.69 Å². The van der Waals surface area contributed by atoms with Crippen molar-refractivity contribution in [2.45, 2.75) is 6.10 Å². The van der Waals surface area contributed by atoms with Crippen LogP contribution in [0.4, 0.5) is 5.69 Å². The number of nitrogens with zero attached hydrogens (tertiary/aromatic N) is 2. The van der Waals surface area contributed by atoms with Gasteiger partial charge in [-0.1, -0.05) is 5.16 Å². The summed E-state index contributed by atoms with van der Waals surface area (Å²) in [6.45, 7) is 0. The van der Waals surface area contributed by atoms with Gasteiger partial charge in [-0.15, -0.1) is 0 Å². The molecule has 0 amide bonds. The molecule has 0 spiro atoms. The molecule has 0 radical (unpaired) electrons. The summed E-state index contributed by atoms with van der Waals surface area (Å²) in [5, 5.41) is 24.2. The minimum atomic E-state index is -1.25. The Hall–Kier alpha value is -2.74. The number of aliphatic hydroxyl groups is 1. The van der Waals surface area contributed by atoms with Crippen LogP contribution in [0.25, 0.3) is 0 Å². The van der Waals surface area contributed by atoms with E-state index >= 15 is 0 Å². The van der Waals surface area contributed by atoms with E-state index in [0.29, 0.717) is 5.56 Å². The monoisotopic (exact) mass is 278 g/mol. The van der Waals surface area contributed by atoms with Gasteiger partial charge in [-0.2, -0.15) is 0 Å². The van der Waals surface area contributed by atoms with Gasteiger partial charge in [0.1, 0.15) is 23.6 Å². The van der Waals surface area contributed by atoms with E-state index in [4.69, 9.17) is 0 Å². The molecule has 0 fully saturated rings. The van der Waals surface area contributed by atoms with Crippen LogP contribution in [0.15, 0.2) is 35.1 Å². The molecule has 2 aromatic rings. The maximum atomic E-state index is 11.5. The van der Waals surface area contributed by atoms with Crippen LogP contribution in [0.2, 0.25) is 0 Å². The Labute approximate surface area is 112 Å². The number of methoxy groups -OCH3 is 1. The highest BCUT2D eigenvalue weighted by atomic mass is 16.6. The molecule has 0 bridgehead atoms. The minimum absolute atomic E-state index is 0.00153. The van der Waals surface area contributed by atoms with Crippen LogP contribution in [-0.2, 0) is 4.74 Å². The zero-order valence-corrected chi connectivity index (χ0v) is 10.3. The fourth-order valence-electron chi connectivity index (χ4n) is 1.64. The van der Waals surface area contributed by atoms with Crippen LogP contribution in [-0.4, -0.2) is 28.3 Å². The molecule has 8 heteroatoms. The first-order valence-corrected chi connectivity index (χ1v) is 5.49. The molecule has 20 heavy (non-hydrogen) atoms. The standard InChI is InChI=1S/C12H10N2O6/c1-19-12(16)9-6-20-13-10(9)11(15)7-2-4-8(5-3-7)14(17)18/h2-6,11,15H,1H3. The number of carbonyl (C=O) groups is 1. The number of ether oxygens (including phenoxy) is 1. The molecular formula is C12H10N2O6. The van der Waals surface area contributed by atoms with E-state index in [2.05, 4.69) is 14.4 Å². The van der Waals surface area contributed by atoms with Gasteiger partial charge in [-0.25, -0.2) is 4.79 Å². The third kappa shape index (κ3) is 2.50. The molecule has 0 aliphatic carbocycles. The summed E-state index contributed by atoms with van der Waals surface area (Å²) in [7, 11) is 1.19. The molecule has 1 aromatic heterocycles. The summed E-state index contributed by atoms with van der Waals surface area (Å²) in [6.07, 6.45) is -0.181. The molecule has 1 heterocycles. The number of carbonyl (C=O) groups excluding carboxylic acids is 1. The van der Waals surface area contributed by atoms with Crippen LogP contribution < -0.4 is 0 Å². The average Bonchev–Trinajstić information content (AvgIpc) is 2.95. The van der Waals surface area contributed by atoms with Crippen molar-refractivity contribution in [3.05, 3.63) is 57.5 Å². The first kappa shape index (κ1) is 13.7. The number of benzene rings is 1. The summed E-state index contributed by atoms with van der Waals surface area (Å²) in [4.78, 5) is 21.5. The normalized spacial score (nSPS) is 11.9. The van der Waals surface area contributed by atoms with Crippen LogP contribution >= 0.6 is 0 Å². The van der Waals surface area contributed by atoms with Crippen molar-refractivity contribution in [2.24, 2.45) is 0 Å². The third-order valence-corrected chi connectivity index (χ3v) is 2.68. The van der Waals surface area contributed by atoms with E-state index in [1.54, 1.807) is 0 Å². The number of aromatic nitrogens is 1.